The molecule has 0 spiro atoms. The van der Waals surface area contributed by atoms with E-state index in [2.05, 4.69) is 15.6 Å². The summed E-state index contributed by atoms with van der Waals surface area (Å²) >= 11 is 0. The number of nitrogens with zero attached hydrogens (tertiary/aromatic N) is 1. The molecule has 0 radical (unpaired) electrons. The summed E-state index contributed by atoms with van der Waals surface area (Å²) in [6, 6.07) is 13.2. The number of hydrogen-bond acceptors (Lipinski definition) is 4. The average molecular weight is 355 g/mol. The first-order chi connectivity index (χ1) is 12.6. The first-order valence-corrected chi connectivity index (χ1v) is 7.69. The van der Waals surface area contributed by atoms with Crippen LogP contribution in [0.4, 0.5) is 26.0 Å². The van der Waals surface area contributed by atoms with Gasteiger partial charge in [-0.05, 0) is 36.4 Å². The largest absolute Gasteiger partial charge is 0.495 e. The second-order valence-electron chi connectivity index (χ2n) is 5.33. The van der Waals surface area contributed by atoms with Gasteiger partial charge < -0.3 is 15.4 Å². The maximum Gasteiger partial charge on any atom is 0.255 e. The van der Waals surface area contributed by atoms with E-state index in [-0.39, 0.29) is 11.3 Å². The minimum atomic E-state index is -0.847. The van der Waals surface area contributed by atoms with Crippen LogP contribution < -0.4 is 15.4 Å². The zero-order valence-corrected chi connectivity index (χ0v) is 13.8. The van der Waals surface area contributed by atoms with E-state index in [4.69, 9.17) is 4.74 Å². The lowest BCUT2D eigenvalue weighted by atomic mass is 10.2. The Morgan fingerprint density at radius 3 is 2.62 bits per heavy atom. The monoisotopic (exact) mass is 355 g/mol. The third-order valence-corrected chi connectivity index (χ3v) is 3.57. The Bertz CT molecular complexity index is 948. The predicted octanol–water partition coefficient (Wildman–Crippen LogP) is 4.36. The van der Waals surface area contributed by atoms with Gasteiger partial charge in [-0.2, -0.15) is 0 Å². The van der Waals surface area contributed by atoms with Gasteiger partial charge in [-0.1, -0.05) is 12.1 Å². The van der Waals surface area contributed by atoms with E-state index in [1.807, 2.05) is 12.1 Å². The number of rotatable bonds is 5. The van der Waals surface area contributed by atoms with Crippen molar-refractivity contribution >= 4 is 23.1 Å². The SMILES string of the molecule is COc1ccccc1Nc1cc(C(=O)Nc2ccc(F)cc2F)ccn1. The molecule has 5 nitrogen and oxygen atoms in total. The number of carbonyl (C=O) groups is 1. The van der Waals surface area contributed by atoms with Gasteiger partial charge in [-0.3, -0.25) is 4.79 Å². The number of benzene rings is 2. The number of para-hydroxylation sites is 2. The van der Waals surface area contributed by atoms with Crippen LogP contribution in [-0.4, -0.2) is 18.0 Å². The Hall–Kier alpha value is -3.48. The van der Waals surface area contributed by atoms with Gasteiger partial charge in [0, 0.05) is 17.8 Å². The molecule has 0 atom stereocenters. The molecule has 0 unspecified atom stereocenters. The summed E-state index contributed by atoms with van der Waals surface area (Å²) in [5, 5.41) is 5.47. The Morgan fingerprint density at radius 1 is 1.04 bits per heavy atom. The molecule has 0 saturated carbocycles. The molecule has 0 fully saturated rings. The highest BCUT2D eigenvalue weighted by molar-refractivity contribution is 6.04. The fourth-order valence-electron chi connectivity index (χ4n) is 2.31. The van der Waals surface area contributed by atoms with E-state index >= 15 is 0 Å². The van der Waals surface area contributed by atoms with Gasteiger partial charge in [0.25, 0.3) is 5.91 Å². The van der Waals surface area contributed by atoms with Crippen LogP contribution in [0.3, 0.4) is 0 Å². The molecule has 0 aliphatic rings. The van der Waals surface area contributed by atoms with Crippen molar-refractivity contribution in [2.24, 2.45) is 0 Å². The zero-order valence-electron chi connectivity index (χ0n) is 13.8. The van der Waals surface area contributed by atoms with E-state index in [9.17, 15) is 13.6 Å². The lowest BCUT2D eigenvalue weighted by molar-refractivity contribution is 0.102. The number of aromatic nitrogens is 1. The van der Waals surface area contributed by atoms with Crippen LogP contribution in [0.5, 0.6) is 5.75 Å². The number of hydrogen-bond donors (Lipinski definition) is 2. The molecule has 0 bridgehead atoms. The minimum Gasteiger partial charge on any atom is -0.495 e. The summed E-state index contributed by atoms with van der Waals surface area (Å²) in [7, 11) is 1.55. The molecular formula is C19H15F2N3O2. The van der Waals surface area contributed by atoms with Crippen molar-refractivity contribution in [3.63, 3.8) is 0 Å². The summed E-state index contributed by atoms with van der Waals surface area (Å²) < 4.78 is 31.9. The first kappa shape index (κ1) is 17.3. The average Bonchev–Trinajstić information content (AvgIpc) is 2.64. The summed E-state index contributed by atoms with van der Waals surface area (Å²) in [6.07, 6.45) is 1.45. The van der Waals surface area contributed by atoms with Crippen molar-refractivity contribution in [3.8, 4) is 5.75 Å². The molecule has 7 heteroatoms. The van der Waals surface area contributed by atoms with Crippen LogP contribution in [0.25, 0.3) is 0 Å². The van der Waals surface area contributed by atoms with Gasteiger partial charge in [-0.15, -0.1) is 0 Å². The molecule has 1 aromatic heterocycles. The Morgan fingerprint density at radius 2 is 1.85 bits per heavy atom. The van der Waals surface area contributed by atoms with Crippen molar-refractivity contribution in [2.75, 3.05) is 17.7 Å². The molecule has 26 heavy (non-hydrogen) atoms. The maximum atomic E-state index is 13.7. The van der Waals surface area contributed by atoms with Crippen molar-refractivity contribution in [3.05, 3.63) is 78.0 Å². The first-order valence-electron chi connectivity index (χ1n) is 7.69. The topological polar surface area (TPSA) is 63.2 Å². The third-order valence-electron chi connectivity index (χ3n) is 3.57. The van der Waals surface area contributed by atoms with Gasteiger partial charge in [0.05, 0.1) is 18.5 Å². The summed E-state index contributed by atoms with van der Waals surface area (Å²) in [5.74, 6) is -1.06. The zero-order chi connectivity index (χ0) is 18.5. The van der Waals surface area contributed by atoms with Gasteiger partial charge in [0.15, 0.2) is 0 Å². The molecule has 0 saturated heterocycles. The standard InChI is InChI=1S/C19H15F2N3O2/c1-26-17-5-3-2-4-16(17)23-18-10-12(8-9-22-18)19(25)24-15-7-6-13(20)11-14(15)21/h2-11H,1H3,(H,22,23)(H,24,25). The molecule has 132 valence electrons. The molecule has 3 rings (SSSR count). The second-order valence-corrected chi connectivity index (χ2v) is 5.33. The maximum absolute atomic E-state index is 13.7. The summed E-state index contributed by atoms with van der Waals surface area (Å²) in [4.78, 5) is 16.5. The van der Waals surface area contributed by atoms with Crippen molar-refractivity contribution in [1.29, 1.82) is 0 Å². The van der Waals surface area contributed by atoms with Crippen LogP contribution in [0.2, 0.25) is 0 Å². The number of methoxy groups -OCH3 is 1. The van der Waals surface area contributed by atoms with Crippen molar-refractivity contribution in [2.45, 2.75) is 0 Å². The van der Waals surface area contributed by atoms with E-state index in [1.54, 1.807) is 19.2 Å². The summed E-state index contributed by atoms with van der Waals surface area (Å²) in [6.45, 7) is 0. The van der Waals surface area contributed by atoms with Gasteiger partial charge >= 0.3 is 0 Å². The Balaban J connectivity index is 1.79. The quantitative estimate of drug-likeness (QED) is 0.714. The fraction of sp³-hybridized carbons (Fsp3) is 0.0526. The molecule has 1 heterocycles. The highest BCUT2D eigenvalue weighted by Crippen LogP contribution is 2.26. The van der Waals surface area contributed by atoms with Gasteiger partial charge in [0.2, 0.25) is 0 Å². The number of nitrogens with one attached hydrogen (secondary N) is 2. The lowest BCUT2D eigenvalue weighted by Crippen LogP contribution is -2.13. The van der Waals surface area contributed by atoms with E-state index in [0.717, 1.165) is 12.1 Å². The molecule has 3 aromatic rings. The number of halogens is 2. The molecule has 1 amide bonds. The van der Waals surface area contributed by atoms with Crippen LogP contribution in [0.15, 0.2) is 60.8 Å². The van der Waals surface area contributed by atoms with Crippen molar-refractivity contribution < 1.29 is 18.3 Å². The van der Waals surface area contributed by atoms with E-state index < -0.39 is 17.5 Å². The number of amides is 1. The number of pyridine rings is 1. The molecule has 2 aromatic carbocycles. The smallest absolute Gasteiger partial charge is 0.255 e. The molecule has 0 aliphatic carbocycles. The number of anilines is 3. The number of ether oxygens (including phenoxy) is 1. The molecule has 2 N–H and O–H groups in total. The Kier molecular flexibility index (Phi) is 5.07. The van der Waals surface area contributed by atoms with Crippen LogP contribution in [0, 0.1) is 11.6 Å². The lowest BCUT2D eigenvalue weighted by Gasteiger charge is -2.11. The predicted molar refractivity (Wildman–Crippen MR) is 94.8 cm³/mol. The van der Waals surface area contributed by atoms with E-state index in [0.29, 0.717) is 23.3 Å². The van der Waals surface area contributed by atoms with Gasteiger partial charge in [-0.25, -0.2) is 13.8 Å². The highest BCUT2D eigenvalue weighted by atomic mass is 19.1. The Labute approximate surface area is 148 Å². The van der Waals surface area contributed by atoms with E-state index in [1.165, 1.54) is 18.3 Å². The second kappa shape index (κ2) is 7.60. The minimum absolute atomic E-state index is 0.104. The van der Waals surface area contributed by atoms with Crippen molar-refractivity contribution in [1.82, 2.24) is 4.98 Å². The highest BCUT2D eigenvalue weighted by Gasteiger charge is 2.12. The normalized spacial score (nSPS) is 10.3. The molecule has 0 aliphatic heterocycles. The van der Waals surface area contributed by atoms with Crippen LogP contribution in [0.1, 0.15) is 10.4 Å². The van der Waals surface area contributed by atoms with Crippen LogP contribution >= 0.6 is 0 Å². The number of carbonyl (C=O) groups excluding carboxylic acids is 1. The third kappa shape index (κ3) is 3.94. The molecular weight excluding hydrogens is 340 g/mol. The van der Waals surface area contributed by atoms with Gasteiger partial charge in [0.1, 0.15) is 23.2 Å². The van der Waals surface area contributed by atoms with Crippen LogP contribution in [-0.2, 0) is 0 Å². The fourth-order valence-corrected chi connectivity index (χ4v) is 2.31. The summed E-state index contributed by atoms with van der Waals surface area (Å²) in [5.41, 5.74) is 0.846.